The highest BCUT2D eigenvalue weighted by atomic mass is 16.5. The summed E-state index contributed by atoms with van der Waals surface area (Å²) >= 11 is 0. The predicted molar refractivity (Wildman–Crippen MR) is 153 cm³/mol. The molecule has 0 spiro atoms. The zero-order valence-electron chi connectivity index (χ0n) is 24.1. The van der Waals surface area contributed by atoms with Crippen LogP contribution >= 0.6 is 0 Å². The molecule has 4 aromatic rings. The molecule has 2 aromatic carbocycles. The Labute approximate surface area is 235 Å². The minimum atomic E-state index is -1.05. The van der Waals surface area contributed by atoms with Gasteiger partial charge in [0.2, 0.25) is 0 Å². The summed E-state index contributed by atoms with van der Waals surface area (Å²) in [5.41, 5.74) is 6.82. The number of carbonyl (C=O) groups is 1. The Hall–Kier alpha value is -3.78. The first-order valence-corrected chi connectivity index (χ1v) is 14.0. The molecule has 1 N–H and O–H groups in total. The number of carboxylic acid groups (broad SMARTS) is 1. The molecule has 0 unspecified atom stereocenters. The van der Waals surface area contributed by atoms with E-state index < -0.39 is 11.4 Å². The fraction of sp³-hybridized carbons (Fsp3) is 0.438. The van der Waals surface area contributed by atoms with Gasteiger partial charge in [-0.05, 0) is 93.5 Å². The fourth-order valence-electron chi connectivity index (χ4n) is 6.75. The van der Waals surface area contributed by atoms with Gasteiger partial charge >= 0.3 is 5.97 Å². The molecule has 0 bridgehead atoms. The molecule has 3 heterocycles. The van der Waals surface area contributed by atoms with Gasteiger partial charge in [0.1, 0.15) is 16.9 Å². The summed E-state index contributed by atoms with van der Waals surface area (Å²) in [5, 5.41) is 19.0. The molecule has 2 aromatic heterocycles. The first-order valence-electron chi connectivity index (χ1n) is 14.0. The van der Waals surface area contributed by atoms with Gasteiger partial charge in [-0.15, -0.1) is 5.10 Å². The van der Waals surface area contributed by atoms with Gasteiger partial charge in [0.05, 0.1) is 16.6 Å². The Morgan fingerprint density at radius 3 is 2.77 bits per heavy atom. The molecule has 1 aliphatic carbocycles. The Bertz CT molecular complexity index is 1620. The topological polar surface area (TPSA) is 93.4 Å². The lowest BCUT2D eigenvalue weighted by molar-refractivity contribution is -0.147. The van der Waals surface area contributed by atoms with Crippen LogP contribution < -0.4 is 4.74 Å². The van der Waals surface area contributed by atoms with Crippen LogP contribution in [0.4, 0.5) is 0 Å². The normalized spacial score (nSPS) is 19.5. The summed E-state index contributed by atoms with van der Waals surface area (Å²) in [7, 11) is 1.87. The van der Waals surface area contributed by atoms with Crippen molar-refractivity contribution in [3.8, 4) is 5.75 Å². The van der Waals surface area contributed by atoms with E-state index in [1.165, 1.54) is 11.1 Å². The van der Waals surface area contributed by atoms with Crippen LogP contribution in [0.3, 0.4) is 0 Å². The van der Waals surface area contributed by atoms with Crippen molar-refractivity contribution in [2.75, 3.05) is 6.54 Å². The molecule has 0 saturated carbocycles. The second-order valence-corrected chi connectivity index (χ2v) is 12.5. The maximum atomic E-state index is 12.7. The Morgan fingerprint density at radius 1 is 1.20 bits per heavy atom. The van der Waals surface area contributed by atoms with Gasteiger partial charge in [0.15, 0.2) is 0 Å². The van der Waals surface area contributed by atoms with Crippen molar-refractivity contribution in [1.29, 1.82) is 0 Å². The van der Waals surface area contributed by atoms with Gasteiger partial charge in [0.25, 0.3) is 0 Å². The van der Waals surface area contributed by atoms with Crippen molar-refractivity contribution in [3.63, 3.8) is 0 Å². The van der Waals surface area contributed by atoms with Gasteiger partial charge < -0.3 is 9.84 Å². The first kappa shape index (κ1) is 26.4. The number of pyridine rings is 1. The molecule has 0 radical (unpaired) electrons. The van der Waals surface area contributed by atoms with Crippen LogP contribution in [0.25, 0.3) is 11.0 Å². The van der Waals surface area contributed by atoms with Gasteiger partial charge in [0, 0.05) is 38.3 Å². The Kier molecular flexibility index (Phi) is 6.22. The average molecular weight is 540 g/mol. The van der Waals surface area contributed by atoms with Crippen molar-refractivity contribution in [2.24, 2.45) is 12.5 Å². The zero-order chi connectivity index (χ0) is 28.4. The highest BCUT2D eigenvalue weighted by Gasteiger charge is 2.42. The molecule has 8 heteroatoms. The number of carboxylic acids is 1. The lowest BCUT2D eigenvalue weighted by Crippen LogP contribution is -2.41. The summed E-state index contributed by atoms with van der Waals surface area (Å²) in [4.78, 5) is 19.8. The van der Waals surface area contributed by atoms with Crippen molar-refractivity contribution in [1.82, 2.24) is 24.9 Å². The fourth-order valence-corrected chi connectivity index (χ4v) is 6.75. The van der Waals surface area contributed by atoms with E-state index in [9.17, 15) is 9.90 Å². The molecule has 0 saturated heterocycles. The predicted octanol–water partition coefficient (Wildman–Crippen LogP) is 5.57. The number of hydrogen-bond acceptors (Lipinski definition) is 6. The number of aromatic nitrogens is 4. The van der Waals surface area contributed by atoms with E-state index in [1.54, 1.807) is 4.68 Å². The van der Waals surface area contributed by atoms with Crippen LogP contribution in [0.15, 0.2) is 48.7 Å². The molecule has 2 aliphatic rings. The van der Waals surface area contributed by atoms with Crippen LogP contribution in [-0.4, -0.2) is 48.1 Å². The second-order valence-electron chi connectivity index (χ2n) is 12.5. The molecule has 2 atom stereocenters. The van der Waals surface area contributed by atoms with E-state index in [0.717, 1.165) is 58.6 Å². The number of fused-ring (bicyclic) bond motifs is 3. The van der Waals surface area contributed by atoms with Gasteiger partial charge in [-0.1, -0.05) is 29.5 Å². The molecule has 0 amide bonds. The van der Waals surface area contributed by atoms with E-state index in [4.69, 9.17) is 4.74 Å². The van der Waals surface area contributed by atoms with E-state index in [0.29, 0.717) is 6.54 Å². The third-order valence-corrected chi connectivity index (χ3v) is 8.82. The lowest BCUT2D eigenvalue weighted by atomic mass is 9.69. The van der Waals surface area contributed by atoms with Crippen LogP contribution in [0.5, 0.6) is 5.75 Å². The lowest BCUT2D eigenvalue weighted by Gasteiger charge is -2.35. The standard InChI is InChI=1S/C32H37N5O3/c1-19-22(12-14-26-29(19)34-35-36(26)6)28(32(4,5)30(38)39)21-10-9-20-11-13-25(23(20)16-21)37-17-24-27(8-7-15-33-24)40-31(2,3)18-37/h7-10,12,14-16,25,28H,11,13,17-18H2,1-6H3,(H,38,39)/t25-,28+/m1/s1. The Morgan fingerprint density at radius 2 is 2.00 bits per heavy atom. The second kappa shape index (κ2) is 9.41. The third kappa shape index (κ3) is 4.35. The molecule has 40 heavy (non-hydrogen) atoms. The van der Waals surface area contributed by atoms with E-state index >= 15 is 0 Å². The smallest absolute Gasteiger partial charge is 0.310 e. The third-order valence-electron chi connectivity index (χ3n) is 8.82. The zero-order valence-corrected chi connectivity index (χ0v) is 24.1. The number of nitrogens with zero attached hydrogens (tertiary/aromatic N) is 5. The summed E-state index contributed by atoms with van der Waals surface area (Å²) in [5.74, 6) is -0.350. The molecular formula is C32H37N5O3. The molecule has 6 rings (SSSR count). The number of rotatable bonds is 5. The number of ether oxygens (including phenoxy) is 1. The molecule has 0 fully saturated rings. The van der Waals surface area contributed by atoms with Crippen molar-refractivity contribution in [2.45, 2.75) is 71.6 Å². The number of hydrogen-bond donors (Lipinski definition) is 1. The first-order chi connectivity index (χ1) is 19.0. The summed E-state index contributed by atoms with van der Waals surface area (Å²) in [6.07, 6.45) is 3.83. The van der Waals surface area contributed by atoms with Crippen molar-refractivity contribution in [3.05, 3.63) is 82.2 Å². The summed E-state index contributed by atoms with van der Waals surface area (Å²) in [6.45, 7) is 11.4. The van der Waals surface area contributed by atoms with Gasteiger partial charge in [-0.2, -0.15) is 0 Å². The number of benzene rings is 2. The highest BCUT2D eigenvalue weighted by Crippen LogP contribution is 2.47. The van der Waals surface area contributed by atoms with E-state index in [1.807, 2.05) is 52.2 Å². The average Bonchev–Trinajstić information content (AvgIpc) is 3.45. The number of aliphatic carboxylic acids is 1. The highest BCUT2D eigenvalue weighted by molar-refractivity contribution is 5.81. The molecule has 1 aliphatic heterocycles. The van der Waals surface area contributed by atoms with Crippen LogP contribution in [0.2, 0.25) is 0 Å². The minimum absolute atomic E-state index is 0.197. The quantitative estimate of drug-likeness (QED) is 0.354. The SMILES string of the molecule is Cc1c([C@H](c2ccc3c(c2)[C@H](N2Cc4ncccc4OC(C)(C)C2)CC3)C(C)(C)C(=O)O)ccc2c1nnn2C. The van der Waals surface area contributed by atoms with Crippen LogP contribution in [-0.2, 0) is 24.8 Å². The molecule has 8 nitrogen and oxygen atoms in total. The van der Waals surface area contributed by atoms with Crippen LogP contribution in [0.1, 0.15) is 79.6 Å². The van der Waals surface area contributed by atoms with E-state index in [-0.39, 0.29) is 17.6 Å². The maximum absolute atomic E-state index is 12.7. The maximum Gasteiger partial charge on any atom is 0.310 e. The Balaban J connectivity index is 1.45. The monoisotopic (exact) mass is 539 g/mol. The summed E-state index contributed by atoms with van der Waals surface area (Å²) < 4.78 is 8.13. The van der Waals surface area contributed by atoms with Gasteiger partial charge in [-0.25, -0.2) is 4.68 Å². The molecule has 208 valence electrons. The number of aryl methyl sites for hydroxylation is 3. The summed E-state index contributed by atoms with van der Waals surface area (Å²) in [6, 6.07) is 14.8. The minimum Gasteiger partial charge on any atom is -0.485 e. The molecular weight excluding hydrogens is 502 g/mol. The van der Waals surface area contributed by atoms with Crippen LogP contribution in [0, 0.1) is 12.3 Å². The van der Waals surface area contributed by atoms with Crippen molar-refractivity contribution < 1.29 is 14.6 Å². The van der Waals surface area contributed by atoms with E-state index in [2.05, 4.69) is 58.3 Å². The largest absolute Gasteiger partial charge is 0.485 e. The van der Waals surface area contributed by atoms with Gasteiger partial charge in [-0.3, -0.25) is 14.7 Å². The van der Waals surface area contributed by atoms with Crippen molar-refractivity contribution >= 4 is 17.0 Å².